The van der Waals surface area contributed by atoms with Crippen LogP contribution < -0.4 is 5.73 Å². The van der Waals surface area contributed by atoms with E-state index in [-0.39, 0.29) is 23.7 Å². The lowest BCUT2D eigenvalue weighted by Gasteiger charge is -2.25. The van der Waals surface area contributed by atoms with Crippen molar-refractivity contribution in [3.05, 3.63) is 35.6 Å². The Labute approximate surface area is 114 Å². The Morgan fingerprint density at radius 1 is 1.42 bits per heavy atom. The largest absolute Gasteiger partial charge is 0.342 e. The number of benzene rings is 1. The number of nitrogens with two attached hydrogens (primary N) is 1. The minimum absolute atomic E-state index is 0.0499. The van der Waals surface area contributed by atoms with Crippen LogP contribution in [-0.4, -0.2) is 30.4 Å². The zero-order chi connectivity index (χ0) is 14.4. The van der Waals surface area contributed by atoms with Crippen molar-refractivity contribution in [1.82, 2.24) is 4.90 Å². The summed E-state index contributed by atoms with van der Waals surface area (Å²) in [5.74, 6) is 0.0356. The molecule has 106 valence electrons. The van der Waals surface area contributed by atoms with Crippen LogP contribution in [0.25, 0.3) is 0 Å². The first-order valence-electron chi connectivity index (χ1n) is 6.64. The van der Waals surface area contributed by atoms with Crippen LogP contribution in [0, 0.1) is 11.7 Å². The second kappa shape index (κ2) is 7.24. The van der Waals surface area contributed by atoms with E-state index < -0.39 is 0 Å². The summed E-state index contributed by atoms with van der Waals surface area (Å²) < 4.78 is 13.1. The molecule has 2 N–H and O–H groups in total. The van der Waals surface area contributed by atoms with E-state index in [1.807, 2.05) is 19.9 Å². The molecule has 4 heteroatoms. The van der Waals surface area contributed by atoms with E-state index in [0.29, 0.717) is 19.4 Å². The maximum Gasteiger partial charge on any atom is 0.222 e. The number of likely N-dealkylation sites (N-methyl/N-ethyl adjacent to an activating group) is 1. The average molecular weight is 266 g/mol. The smallest absolute Gasteiger partial charge is 0.222 e. The summed E-state index contributed by atoms with van der Waals surface area (Å²) in [6.07, 6.45) is 1.16. The van der Waals surface area contributed by atoms with Crippen LogP contribution in [0.1, 0.15) is 25.8 Å². The second-order valence-corrected chi connectivity index (χ2v) is 5.23. The number of carbonyl (C=O) groups is 1. The number of hydrogen-bond acceptors (Lipinski definition) is 2. The highest BCUT2D eigenvalue weighted by Crippen LogP contribution is 2.14. The fourth-order valence-electron chi connectivity index (χ4n) is 1.98. The van der Waals surface area contributed by atoms with Gasteiger partial charge in [0.15, 0.2) is 0 Å². The highest BCUT2D eigenvalue weighted by atomic mass is 19.1. The number of amides is 1. The fraction of sp³-hybridized carbons (Fsp3) is 0.533. The zero-order valence-corrected chi connectivity index (χ0v) is 11.9. The molecule has 0 radical (unpaired) electrons. The van der Waals surface area contributed by atoms with Crippen molar-refractivity contribution < 1.29 is 9.18 Å². The summed E-state index contributed by atoms with van der Waals surface area (Å²) in [4.78, 5) is 13.7. The van der Waals surface area contributed by atoms with Crippen LogP contribution >= 0.6 is 0 Å². The molecule has 1 amide bonds. The topological polar surface area (TPSA) is 46.3 Å². The van der Waals surface area contributed by atoms with Gasteiger partial charge in [0.05, 0.1) is 0 Å². The van der Waals surface area contributed by atoms with Gasteiger partial charge in [-0.05, 0) is 37.0 Å². The molecule has 0 aliphatic heterocycles. The number of carbonyl (C=O) groups excluding carboxylic acids is 1. The molecule has 0 aliphatic rings. The third kappa shape index (κ3) is 4.99. The first kappa shape index (κ1) is 15.6. The highest BCUT2D eigenvalue weighted by molar-refractivity contribution is 5.76. The molecule has 0 spiro atoms. The molecular formula is C15H23FN2O. The number of nitrogens with zero attached hydrogens (tertiary/aromatic N) is 1. The van der Waals surface area contributed by atoms with Gasteiger partial charge in [-0.2, -0.15) is 0 Å². The molecule has 19 heavy (non-hydrogen) atoms. The summed E-state index contributed by atoms with van der Waals surface area (Å²) in [7, 11) is 1.77. The van der Waals surface area contributed by atoms with Crippen LogP contribution in [0.5, 0.6) is 0 Å². The molecular weight excluding hydrogens is 243 g/mol. The van der Waals surface area contributed by atoms with Gasteiger partial charge in [-0.3, -0.25) is 4.79 Å². The maximum absolute atomic E-state index is 13.1. The first-order chi connectivity index (χ1) is 8.93. The standard InChI is InChI=1S/C15H23FN2O/c1-11(7-13-5-4-6-14(16)9-13)8-15(19)18(3)12(2)10-17/h4-6,9,11-12H,7-8,10,17H2,1-3H3. The third-order valence-corrected chi connectivity index (χ3v) is 3.39. The van der Waals surface area contributed by atoms with Gasteiger partial charge in [0.2, 0.25) is 5.91 Å². The summed E-state index contributed by atoms with van der Waals surface area (Å²) in [5.41, 5.74) is 6.47. The van der Waals surface area contributed by atoms with Gasteiger partial charge in [-0.15, -0.1) is 0 Å². The van der Waals surface area contributed by atoms with E-state index in [2.05, 4.69) is 0 Å². The molecule has 2 unspecified atom stereocenters. The molecule has 0 saturated carbocycles. The second-order valence-electron chi connectivity index (χ2n) is 5.23. The lowest BCUT2D eigenvalue weighted by Crippen LogP contribution is -2.40. The van der Waals surface area contributed by atoms with E-state index in [0.717, 1.165) is 5.56 Å². The van der Waals surface area contributed by atoms with Crippen molar-refractivity contribution in [3.63, 3.8) is 0 Å². The Hall–Kier alpha value is -1.42. The monoisotopic (exact) mass is 266 g/mol. The SMILES string of the molecule is CC(CC(=O)N(C)C(C)CN)Cc1cccc(F)c1. The van der Waals surface area contributed by atoms with Crippen LogP contribution in [-0.2, 0) is 11.2 Å². The Balaban J connectivity index is 2.51. The maximum atomic E-state index is 13.1. The number of rotatable bonds is 6. The van der Waals surface area contributed by atoms with Gasteiger partial charge < -0.3 is 10.6 Å². The van der Waals surface area contributed by atoms with Crippen molar-refractivity contribution in [2.75, 3.05) is 13.6 Å². The molecule has 0 fully saturated rings. The molecule has 3 nitrogen and oxygen atoms in total. The van der Waals surface area contributed by atoms with Gasteiger partial charge in [-0.1, -0.05) is 19.1 Å². The molecule has 0 saturated heterocycles. The van der Waals surface area contributed by atoms with Crippen LogP contribution in [0.2, 0.25) is 0 Å². The van der Waals surface area contributed by atoms with Crippen molar-refractivity contribution in [2.24, 2.45) is 11.7 Å². The van der Waals surface area contributed by atoms with Crippen molar-refractivity contribution in [1.29, 1.82) is 0 Å². The van der Waals surface area contributed by atoms with E-state index in [4.69, 9.17) is 5.73 Å². The van der Waals surface area contributed by atoms with E-state index >= 15 is 0 Å². The summed E-state index contributed by atoms with van der Waals surface area (Å²) >= 11 is 0. The minimum atomic E-state index is -0.232. The molecule has 0 bridgehead atoms. The molecule has 1 rings (SSSR count). The van der Waals surface area contributed by atoms with Crippen LogP contribution in [0.15, 0.2) is 24.3 Å². The predicted molar refractivity (Wildman–Crippen MR) is 75.2 cm³/mol. The van der Waals surface area contributed by atoms with E-state index in [1.165, 1.54) is 12.1 Å². The Morgan fingerprint density at radius 3 is 2.68 bits per heavy atom. The summed E-state index contributed by atoms with van der Waals surface area (Å²) in [6.45, 7) is 4.39. The molecule has 0 heterocycles. The van der Waals surface area contributed by atoms with E-state index in [1.54, 1.807) is 18.0 Å². The Bertz CT molecular complexity index is 422. The third-order valence-electron chi connectivity index (χ3n) is 3.39. The van der Waals surface area contributed by atoms with Gasteiger partial charge in [0.1, 0.15) is 5.82 Å². The van der Waals surface area contributed by atoms with Crippen molar-refractivity contribution in [3.8, 4) is 0 Å². The van der Waals surface area contributed by atoms with Gasteiger partial charge >= 0.3 is 0 Å². The average Bonchev–Trinajstić information content (AvgIpc) is 2.36. The van der Waals surface area contributed by atoms with Gasteiger partial charge in [-0.25, -0.2) is 4.39 Å². The number of hydrogen-bond donors (Lipinski definition) is 1. The lowest BCUT2D eigenvalue weighted by atomic mass is 9.97. The first-order valence-corrected chi connectivity index (χ1v) is 6.64. The number of halogens is 1. The Morgan fingerprint density at radius 2 is 2.11 bits per heavy atom. The fourth-order valence-corrected chi connectivity index (χ4v) is 1.98. The van der Waals surface area contributed by atoms with Gasteiger partial charge in [0.25, 0.3) is 0 Å². The minimum Gasteiger partial charge on any atom is -0.342 e. The molecule has 0 aliphatic carbocycles. The highest BCUT2D eigenvalue weighted by Gasteiger charge is 2.17. The Kier molecular flexibility index (Phi) is 5.96. The van der Waals surface area contributed by atoms with E-state index in [9.17, 15) is 9.18 Å². The summed E-state index contributed by atoms with van der Waals surface area (Å²) in [5, 5.41) is 0. The lowest BCUT2D eigenvalue weighted by molar-refractivity contribution is -0.132. The van der Waals surface area contributed by atoms with Crippen LogP contribution in [0.4, 0.5) is 4.39 Å². The predicted octanol–water partition coefficient (Wildman–Crippen LogP) is 2.20. The summed E-state index contributed by atoms with van der Waals surface area (Å²) in [6, 6.07) is 6.58. The molecule has 1 aromatic rings. The molecule has 2 atom stereocenters. The van der Waals surface area contributed by atoms with Crippen LogP contribution in [0.3, 0.4) is 0 Å². The van der Waals surface area contributed by atoms with Gasteiger partial charge in [0, 0.05) is 26.1 Å². The normalized spacial score (nSPS) is 13.9. The molecule has 0 aromatic heterocycles. The van der Waals surface area contributed by atoms with Crippen molar-refractivity contribution >= 4 is 5.91 Å². The zero-order valence-electron chi connectivity index (χ0n) is 11.9. The van der Waals surface area contributed by atoms with Crippen molar-refractivity contribution in [2.45, 2.75) is 32.7 Å². The molecule has 1 aromatic carbocycles. The quantitative estimate of drug-likeness (QED) is 0.858.